The molecule has 24 heavy (non-hydrogen) atoms. The number of hydrogen-bond acceptors (Lipinski definition) is 4. The van der Waals surface area contributed by atoms with Crippen LogP contribution in [0.2, 0.25) is 0 Å². The molecule has 0 spiro atoms. The van der Waals surface area contributed by atoms with E-state index in [9.17, 15) is 13.2 Å². The van der Waals surface area contributed by atoms with Gasteiger partial charge in [0.1, 0.15) is 5.75 Å². The number of carbonyl (C=O) groups is 1. The lowest BCUT2D eigenvalue weighted by Gasteiger charge is -2.10. The van der Waals surface area contributed by atoms with Crippen LogP contribution in [0.25, 0.3) is 0 Å². The summed E-state index contributed by atoms with van der Waals surface area (Å²) in [4.78, 5) is 12.0. The molecule has 0 unspecified atom stereocenters. The Balaban J connectivity index is 1.85. The van der Waals surface area contributed by atoms with Gasteiger partial charge in [0, 0.05) is 6.42 Å². The number of carbonyl (C=O) groups excluding carboxylic acids is 1. The highest BCUT2D eigenvalue weighted by Gasteiger charge is 2.19. The van der Waals surface area contributed by atoms with Crippen LogP contribution in [0.1, 0.15) is 24.0 Å². The summed E-state index contributed by atoms with van der Waals surface area (Å²) in [6, 6.07) is 14.2. The van der Waals surface area contributed by atoms with Gasteiger partial charge in [-0.05, 0) is 44.0 Å². The van der Waals surface area contributed by atoms with Crippen molar-refractivity contribution in [2.24, 2.45) is 0 Å². The maximum Gasteiger partial charge on any atom is 0.264 e. The van der Waals surface area contributed by atoms with Crippen LogP contribution in [0.3, 0.4) is 0 Å². The fourth-order valence-electron chi connectivity index (χ4n) is 2.30. The van der Waals surface area contributed by atoms with Crippen LogP contribution in [0, 0.1) is 13.8 Å². The van der Waals surface area contributed by atoms with Crippen LogP contribution in [0.15, 0.2) is 53.4 Å². The zero-order valence-electron chi connectivity index (χ0n) is 13.8. The van der Waals surface area contributed by atoms with Crippen LogP contribution in [0.4, 0.5) is 0 Å². The molecular weight excluding hydrogens is 326 g/mol. The van der Waals surface area contributed by atoms with Gasteiger partial charge in [0.25, 0.3) is 10.0 Å². The first-order chi connectivity index (χ1) is 11.4. The second kappa shape index (κ2) is 7.97. The Morgan fingerprint density at radius 1 is 1.08 bits per heavy atom. The van der Waals surface area contributed by atoms with Gasteiger partial charge < -0.3 is 4.74 Å². The highest BCUT2D eigenvalue weighted by Crippen LogP contribution is 2.16. The number of nitrogens with one attached hydrogen (secondary N) is 1. The number of amides is 1. The third kappa shape index (κ3) is 5.09. The Bertz CT molecular complexity index is 801. The van der Waals surface area contributed by atoms with E-state index in [0.717, 1.165) is 11.3 Å². The van der Waals surface area contributed by atoms with Crippen molar-refractivity contribution in [1.82, 2.24) is 4.72 Å². The smallest absolute Gasteiger partial charge is 0.264 e. The maximum atomic E-state index is 12.3. The summed E-state index contributed by atoms with van der Waals surface area (Å²) in [5.74, 6) is 0.187. The second-order valence-corrected chi connectivity index (χ2v) is 7.21. The van der Waals surface area contributed by atoms with E-state index in [1.54, 1.807) is 19.1 Å². The molecule has 0 saturated carbocycles. The Morgan fingerprint density at radius 3 is 2.46 bits per heavy atom. The van der Waals surface area contributed by atoms with E-state index < -0.39 is 15.9 Å². The molecule has 0 atom stereocenters. The molecule has 5 nitrogen and oxygen atoms in total. The van der Waals surface area contributed by atoms with Crippen LogP contribution >= 0.6 is 0 Å². The van der Waals surface area contributed by atoms with Crippen LogP contribution in [0.5, 0.6) is 5.75 Å². The van der Waals surface area contributed by atoms with Gasteiger partial charge in [-0.15, -0.1) is 0 Å². The van der Waals surface area contributed by atoms with Gasteiger partial charge in [-0.2, -0.15) is 0 Å². The monoisotopic (exact) mass is 347 g/mol. The van der Waals surface area contributed by atoms with E-state index in [4.69, 9.17) is 4.74 Å². The Morgan fingerprint density at radius 2 is 1.79 bits per heavy atom. The van der Waals surface area contributed by atoms with Gasteiger partial charge in [0.15, 0.2) is 0 Å². The molecule has 1 amide bonds. The summed E-state index contributed by atoms with van der Waals surface area (Å²) in [6.45, 7) is 3.94. The topological polar surface area (TPSA) is 72.5 Å². The summed E-state index contributed by atoms with van der Waals surface area (Å²) < 4.78 is 32.1. The largest absolute Gasteiger partial charge is 0.494 e. The SMILES string of the molecule is Cc1ccc(S(=O)(=O)NC(=O)CCCOc2ccccc2)c(C)c1. The fourth-order valence-corrected chi connectivity index (χ4v) is 3.54. The van der Waals surface area contributed by atoms with Crippen molar-refractivity contribution in [3.8, 4) is 5.75 Å². The predicted octanol–water partition coefficient (Wildman–Crippen LogP) is 2.97. The van der Waals surface area contributed by atoms with E-state index in [-0.39, 0.29) is 11.3 Å². The lowest BCUT2D eigenvalue weighted by molar-refractivity contribution is -0.119. The van der Waals surface area contributed by atoms with E-state index >= 15 is 0 Å². The van der Waals surface area contributed by atoms with Gasteiger partial charge >= 0.3 is 0 Å². The van der Waals surface area contributed by atoms with Gasteiger partial charge in [0.05, 0.1) is 11.5 Å². The molecule has 2 rings (SSSR count). The molecule has 0 fully saturated rings. The van der Waals surface area contributed by atoms with Gasteiger partial charge in [-0.3, -0.25) is 4.79 Å². The third-order valence-electron chi connectivity index (χ3n) is 3.43. The van der Waals surface area contributed by atoms with Gasteiger partial charge in [-0.25, -0.2) is 13.1 Å². The quantitative estimate of drug-likeness (QED) is 0.782. The van der Waals surface area contributed by atoms with E-state index in [1.165, 1.54) is 6.07 Å². The van der Waals surface area contributed by atoms with Gasteiger partial charge in [0.2, 0.25) is 5.91 Å². The molecule has 2 aromatic carbocycles. The van der Waals surface area contributed by atoms with Crippen LogP contribution < -0.4 is 9.46 Å². The summed E-state index contributed by atoms with van der Waals surface area (Å²) in [7, 11) is -3.84. The molecule has 0 aliphatic rings. The predicted molar refractivity (Wildman–Crippen MR) is 92.4 cm³/mol. The summed E-state index contributed by atoms with van der Waals surface area (Å²) in [5, 5.41) is 0. The number of aryl methyl sites for hydroxylation is 2. The van der Waals surface area contributed by atoms with E-state index in [2.05, 4.69) is 4.72 Å². The lowest BCUT2D eigenvalue weighted by atomic mass is 10.2. The molecular formula is C18H21NO4S. The highest BCUT2D eigenvalue weighted by atomic mass is 32.2. The minimum Gasteiger partial charge on any atom is -0.494 e. The van der Waals surface area contributed by atoms with E-state index in [0.29, 0.717) is 18.6 Å². The number of sulfonamides is 1. The third-order valence-corrected chi connectivity index (χ3v) is 4.96. The first-order valence-electron chi connectivity index (χ1n) is 7.69. The molecule has 0 aliphatic heterocycles. The summed E-state index contributed by atoms with van der Waals surface area (Å²) >= 11 is 0. The van der Waals surface area contributed by atoms with Crippen molar-refractivity contribution in [1.29, 1.82) is 0 Å². The van der Waals surface area contributed by atoms with E-state index in [1.807, 2.05) is 37.3 Å². The molecule has 0 radical (unpaired) electrons. The Labute approximate surface area is 142 Å². The first-order valence-corrected chi connectivity index (χ1v) is 9.17. The molecule has 0 aromatic heterocycles. The summed E-state index contributed by atoms with van der Waals surface area (Å²) in [5.41, 5.74) is 1.58. The Kier molecular flexibility index (Phi) is 5.98. The molecule has 2 aromatic rings. The zero-order valence-corrected chi connectivity index (χ0v) is 14.6. The highest BCUT2D eigenvalue weighted by molar-refractivity contribution is 7.90. The summed E-state index contributed by atoms with van der Waals surface area (Å²) in [6.07, 6.45) is 0.514. The molecule has 1 N–H and O–H groups in total. The molecule has 0 bridgehead atoms. The van der Waals surface area contributed by atoms with Crippen molar-refractivity contribution in [3.63, 3.8) is 0 Å². The first kappa shape index (κ1) is 18.0. The number of rotatable bonds is 7. The van der Waals surface area contributed by atoms with Crippen molar-refractivity contribution in [2.45, 2.75) is 31.6 Å². The van der Waals surface area contributed by atoms with Crippen molar-refractivity contribution >= 4 is 15.9 Å². The number of hydrogen-bond donors (Lipinski definition) is 1. The second-order valence-electron chi connectivity index (χ2n) is 5.56. The number of para-hydroxylation sites is 1. The zero-order chi connectivity index (χ0) is 17.6. The molecule has 0 saturated heterocycles. The van der Waals surface area contributed by atoms with Crippen LogP contribution in [-0.4, -0.2) is 20.9 Å². The fraction of sp³-hybridized carbons (Fsp3) is 0.278. The van der Waals surface area contributed by atoms with Crippen molar-refractivity contribution < 1.29 is 17.9 Å². The van der Waals surface area contributed by atoms with Gasteiger partial charge in [-0.1, -0.05) is 35.9 Å². The Hall–Kier alpha value is -2.34. The molecule has 0 aliphatic carbocycles. The maximum absolute atomic E-state index is 12.3. The van der Waals surface area contributed by atoms with Crippen LogP contribution in [-0.2, 0) is 14.8 Å². The standard InChI is InChI=1S/C18H21NO4S/c1-14-10-11-17(15(2)13-14)24(21,22)19-18(20)9-6-12-23-16-7-4-3-5-8-16/h3-5,7-8,10-11,13H,6,9,12H2,1-2H3,(H,19,20). The number of ether oxygens (including phenoxy) is 1. The lowest BCUT2D eigenvalue weighted by Crippen LogP contribution is -2.31. The normalized spacial score (nSPS) is 11.1. The molecule has 0 heterocycles. The molecule has 6 heteroatoms. The van der Waals surface area contributed by atoms with Crippen molar-refractivity contribution in [2.75, 3.05) is 6.61 Å². The number of benzene rings is 2. The van der Waals surface area contributed by atoms with Crippen molar-refractivity contribution in [3.05, 3.63) is 59.7 Å². The average molecular weight is 347 g/mol. The minimum absolute atomic E-state index is 0.0803. The molecule has 128 valence electrons. The average Bonchev–Trinajstić information content (AvgIpc) is 2.51. The minimum atomic E-state index is -3.84.